The van der Waals surface area contributed by atoms with Gasteiger partial charge in [0, 0.05) is 0 Å². The van der Waals surface area contributed by atoms with Crippen LogP contribution in [0.2, 0.25) is 0 Å². The van der Waals surface area contributed by atoms with Gasteiger partial charge in [0.2, 0.25) is 0 Å². The molecule has 0 heterocycles. The highest BCUT2D eigenvalue weighted by Gasteiger charge is 2.25. The molecule has 0 saturated heterocycles. The maximum absolute atomic E-state index is 9.69. The predicted octanol–water partition coefficient (Wildman–Crippen LogP) is 2.00. The molecule has 0 aromatic heterocycles. The molecule has 1 atom stereocenters. The lowest BCUT2D eigenvalue weighted by Gasteiger charge is -2.20. The topological polar surface area (TPSA) is 23.5 Å². The largest absolute Gasteiger partial charge is 0.312 e. The van der Waals surface area contributed by atoms with Crippen LogP contribution in [-0.4, -0.2) is 16.8 Å². The normalized spacial score (nSPS) is 19.4. The minimum Gasteiger partial charge on any atom is -0.312 e. The van der Waals surface area contributed by atoms with E-state index in [-0.39, 0.29) is 6.04 Å². The molecule has 1 aliphatic rings. The first kappa shape index (κ1) is 9.26. The second-order valence-electron chi connectivity index (χ2n) is 3.55. The summed E-state index contributed by atoms with van der Waals surface area (Å²) in [6, 6.07) is 8.29. The van der Waals surface area contributed by atoms with Crippen LogP contribution in [0.4, 0.5) is 0 Å². The molecule has 0 saturated carbocycles. The molecule has 0 radical (unpaired) electrons. The monoisotopic (exact) mass is 187 g/mol. The maximum atomic E-state index is 9.69. The van der Waals surface area contributed by atoms with Gasteiger partial charge in [-0.2, -0.15) is 5.06 Å². The number of terminal acetylenes is 1. The number of fused-ring (bicyclic) bond motifs is 1. The van der Waals surface area contributed by atoms with Gasteiger partial charge in [-0.05, 0) is 24.0 Å². The van der Waals surface area contributed by atoms with Gasteiger partial charge >= 0.3 is 0 Å². The van der Waals surface area contributed by atoms with Crippen molar-refractivity contribution >= 4 is 0 Å². The van der Waals surface area contributed by atoms with Gasteiger partial charge in [0.25, 0.3) is 0 Å². The average molecular weight is 187 g/mol. The van der Waals surface area contributed by atoms with Crippen molar-refractivity contribution in [3.8, 4) is 12.3 Å². The first-order valence-electron chi connectivity index (χ1n) is 4.79. The lowest BCUT2D eigenvalue weighted by atomic mass is 10.1. The Morgan fingerprint density at radius 2 is 2.29 bits per heavy atom. The number of nitrogens with zero attached hydrogens (tertiary/aromatic N) is 1. The molecular weight excluding hydrogens is 174 g/mol. The summed E-state index contributed by atoms with van der Waals surface area (Å²) in [6.07, 6.45) is 7.15. The Balaban J connectivity index is 2.22. The summed E-state index contributed by atoms with van der Waals surface area (Å²) in [5, 5.41) is 10.9. The minimum atomic E-state index is 0.0854. The van der Waals surface area contributed by atoms with Gasteiger partial charge in [-0.15, -0.1) is 6.42 Å². The molecule has 0 spiro atoms. The van der Waals surface area contributed by atoms with Crippen LogP contribution in [0.1, 0.15) is 23.6 Å². The Labute approximate surface area is 84.1 Å². The fourth-order valence-corrected chi connectivity index (χ4v) is 2.05. The second-order valence-corrected chi connectivity index (χ2v) is 3.55. The fourth-order valence-electron chi connectivity index (χ4n) is 2.05. The molecule has 0 fully saturated rings. The lowest BCUT2D eigenvalue weighted by Crippen LogP contribution is -2.23. The van der Waals surface area contributed by atoms with Gasteiger partial charge in [0.15, 0.2) is 0 Å². The van der Waals surface area contributed by atoms with Crippen LogP contribution in [0.15, 0.2) is 24.3 Å². The predicted molar refractivity (Wildman–Crippen MR) is 54.8 cm³/mol. The SMILES string of the molecule is C#CCN(O)C1CCc2ccccc21. The third-order valence-electron chi connectivity index (χ3n) is 2.71. The fraction of sp³-hybridized carbons (Fsp3) is 0.333. The molecular formula is C12H13NO. The van der Waals surface area contributed by atoms with Gasteiger partial charge in [-0.25, -0.2) is 0 Å². The maximum Gasteiger partial charge on any atom is 0.0853 e. The first-order chi connectivity index (χ1) is 6.83. The number of rotatable bonds is 2. The number of aryl methyl sites for hydroxylation is 1. The Morgan fingerprint density at radius 1 is 1.50 bits per heavy atom. The molecule has 1 aromatic rings. The zero-order chi connectivity index (χ0) is 9.97. The lowest BCUT2D eigenvalue weighted by molar-refractivity contribution is -0.116. The summed E-state index contributed by atoms with van der Waals surface area (Å²) in [7, 11) is 0. The number of hydroxylamine groups is 2. The van der Waals surface area contributed by atoms with Crippen molar-refractivity contribution < 1.29 is 5.21 Å². The number of benzene rings is 1. The molecule has 1 aliphatic carbocycles. The van der Waals surface area contributed by atoms with Crippen LogP contribution in [-0.2, 0) is 6.42 Å². The van der Waals surface area contributed by atoms with Crippen LogP contribution < -0.4 is 0 Å². The standard InChI is InChI=1S/C12H13NO/c1-2-9-13(14)12-8-7-10-5-3-4-6-11(10)12/h1,3-6,12,14H,7-9H2. The Morgan fingerprint density at radius 3 is 3.07 bits per heavy atom. The summed E-state index contributed by atoms with van der Waals surface area (Å²) in [5.41, 5.74) is 2.54. The highest BCUT2D eigenvalue weighted by Crippen LogP contribution is 2.34. The Bertz CT molecular complexity index is 367. The molecule has 0 aliphatic heterocycles. The average Bonchev–Trinajstić information content (AvgIpc) is 2.61. The summed E-state index contributed by atoms with van der Waals surface area (Å²) in [5.74, 6) is 2.45. The van der Waals surface area contributed by atoms with Crippen molar-refractivity contribution in [2.45, 2.75) is 18.9 Å². The highest BCUT2D eigenvalue weighted by atomic mass is 16.5. The highest BCUT2D eigenvalue weighted by molar-refractivity contribution is 5.34. The zero-order valence-corrected chi connectivity index (χ0v) is 7.98. The van der Waals surface area contributed by atoms with Crippen molar-refractivity contribution in [1.82, 2.24) is 5.06 Å². The van der Waals surface area contributed by atoms with E-state index in [0.717, 1.165) is 12.8 Å². The van der Waals surface area contributed by atoms with E-state index in [1.54, 1.807) is 0 Å². The van der Waals surface area contributed by atoms with E-state index in [9.17, 15) is 5.21 Å². The van der Waals surface area contributed by atoms with Crippen molar-refractivity contribution in [3.05, 3.63) is 35.4 Å². The van der Waals surface area contributed by atoms with Crippen LogP contribution in [0, 0.1) is 12.3 Å². The van der Waals surface area contributed by atoms with Gasteiger partial charge in [-0.3, -0.25) is 0 Å². The van der Waals surface area contributed by atoms with E-state index in [2.05, 4.69) is 18.1 Å². The van der Waals surface area contributed by atoms with Crippen molar-refractivity contribution in [1.29, 1.82) is 0 Å². The van der Waals surface area contributed by atoms with E-state index in [0.29, 0.717) is 6.54 Å². The summed E-state index contributed by atoms with van der Waals surface area (Å²) in [4.78, 5) is 0. The minimum absolute atomic E-state index is 0.0854. The third-order valence-corrected chi connectivity index (χ3v) is 2.71. The summed E-state index contributed by atoms with van der Waals surface area (Å²) >= 11 is 0. The summed E-state index contributed by atoms with van der Waals surface area (Å²) in [6.45, 7) is 0.291. The van der Waals surface area contributed by atoms with E-state index in [1.807, 2.05) is 12.1 Å². The van der Waals surface area contributed by atoms with Crippen LogP contribution >= 0.6 is 0 Å². The van der Waals surface area contributed by atoms with Crippen molar-refractivity contribution in [2.24, 2.45) is 0 Å². The molecule has 1 aromatic carbocycles. The number of hydrogen-bond donors (Lipinski definition) is 1. The molecule has 2 nitrogen and oxygen atoms in total. The third kappa shape index (κ3) is 1.52. The van der Waals surface area contributed by atoms with Crippen molar-refractivity contribution in [3.63, 3.8) is 0 Å². The first-order valence-corrected chi connectivity index (χ1v) is 4.79. The van der Waals surface area contributed by atoms with Crippen LogP contribution in [0.5, 0.6) is 0 Å². The molecule has 14 heavy (non-hydrogen) atoms. The summed E-state index contributed by atoms with van der Waals surface area (Å²) < 4.78 is 0. The van der Waals surface area contributed by atoms with Crippen molar-refractivity contribution in [2.75, 3.05) is 6.54 Å². The van der Waals surface area contributed by atoms with Gasteiger partial charge in [0.05, 0.1) is 12.6 Å². The van der Waals surface area contributed by atoms with E-state index >= 15 is 0 Å². The van der Waals surface area contributed by atoms with Crippen LogP contribution in [0.25, 0.3) is 0 Å². The molecule has 72 valence electrons. The van der Waals surface area contributed by atoms with Gasteiger partial charge < -0.3 is 5.21 Å². The van der Waals surface area contributed by atoms with Gasteiger partial charge in [-0.1, -0.05) is 30.2 Å². The van der Waals surface area contributed by atoms with E-state index < -0.39 is 0 Å². The number of hydrogen-bond acceptors (Lipinski definition) is 2. The smallest absolute Gasteiger partial charge is 0.0853 e. The molecule has 1 N–H and O–H groups in total. The van der Waals surface area contributed by atoms with E-state index in [1.165, 1.54) is 16.2 Å². The van der Waals surface area contributed by atoms with Gasteiger partial charge in [0.1, 0.15) is 0 Å². The molecule has 2 rings (SSSR count). The Hall–Kier alpha value is -1.30. The molecule has 2 heteroatoms. The zero-order valence-electron chi connectivity index (χ0n) is 7.98. The second kappa shape index (κ2) is 3.83. The quantitative estimate of drug-likeness (QED) is 0.565. The molecule has 0 amide bonds. The Kier molecular flexibility index (Phi) is 2.53. The van der Waals surface area contributed by atoms with E-state index in [4.69, 9.17) is 6.42 Å². The van der Waals surface area contributed by atoms with Crippen LogP contribution in [0.3, 0.4) is 0 Å². The molecule has 1 unspecified atom stereocenters. The molecule has 0 bridgehead atoms.